The molecule has 0 spiro atoms. The lowest BCUT2D eigenvalue weighted by Crippen LogP contribution is -2.77. The smallest absolute Gasteiger partial charge is 0.184 e. The summed E-state index contributed by atoms with van der Waals surface area (Å²) >= 11 is 0. The molecule has 2 nitrogen and oxygen atoms in total. The first kappa shape index (κ1) is 36.4. The second kappa shape index (κ2) is 15.5. The van der Waals surface area contributed by atoms with Crippen molar-refractivity contribution in [1.29, 1.82) is 0 Å². The van der Waals surface area contributed by atoms with Crippen LogP contribution in [0.15, 0.2) is 255 Å². The minimum absolute atomic E-state index is 1.10. The number of hydrogen-bond donors (Lipinski definition) is 0. The van der Waals surface area contributed by atoms with Crippen LogP contribution in [0.25, 0.3) is 33.0 Å². The Labute approximate surface area is 358 Å². The Hall–Kier alpha value is -7.72. The van der Waals surface area contributed by atoms with Crippen molar-refractivity contribution in [3.63, 3.8) is 0 Å². The molecule has 10 aromatic carbocycles. The molecule has 3 heteroatoms. The van der Waals surface area contributed by atoms with Gasteiger partial charge in [0, 0.05) is 34.1 Å². The molecule has 1 heterocycles. The molecule has 0 amide bonds. The van der Waals surface area contributed by atoms with E-state index in [4.69, 9.17) is 0 Å². The fraction of sp³-hybridized carbons (Fsp3) is 0. The number of anilines is 6. The molecule has 0 aliphatic carbocycles. The van der Waals surface area contributed by atoms with Crippen LogP contribution in [0.4, 0.5) is 34.1 Å². The van der Waals surface area contributed by atoms with Crippen LogP contribution in [0.2, 0.25) is 0 Å². The van der Waals surface area contributed by atoms with E-state index in [2.05, 4.69) is 265 Å². The van der Waals surface area contributed by atoms with Gasteiger partial charge in [0.25, 0.3) is 0 Å². The largest absolute Gasteiger partial charge is 0.311 e. The zero-order valence-corrected chi connectivity index (χ0v) is 34.6. The van der Waals surface area contributed by atoms with E-state index in [0.717, 1.165) is 22.7 Å². The minimum atomic E-state index is -2.76. The SMILES string of the molecule is c1ccc(N(c2ccc(-c3ccc4c(c3)N(c3ccccc3)c3ccccc3[Si]4(c3ccccc3)c3ccccc3)cc2)c2ccc(-c3cccc4ccccc34)cc2)cc1. The lowest BCUT2D eigenvalue weighted by atomic mass is 9.98. The van der Waals surface area contributed by atoms with Crippen LogP contribution < -0.4 is 30.5 Å². The standard InChI is InChI=1S/C58H42N2Si/c1-5-20-47(21-6-1)59(50-39-34-45(35-40-50)54-29-17-19-44-18-13-14-28-53(44)54)49-37-32-43(33-38-49)46-36-41-58-56(42-46)60(48-22-7-2-8-23-48)55-30-15-16-31-57(55)61(58,51-24-9-3-10-25-51)52-26-11-4-12-27-52/h1-42H. The summed E-state index contributed by atoms with van der Waals surface area (Å²) in [6, 6.07) is 93.5. The van der Waals surface area contributed by atoms with Crippen LogP contribution in [0.1, 0.15) is 0 Å². The van der Waals surface area contributed by atoms with Crippen LogP contribution >= 0.6 is 0 Å². The van der Waals surface area contributed by atoms with Crippen LogP contribution in [0.5, 0.6) is 0 Å². The van der Waals surface area contributed by atoms with Crippen molar-refractivity contribution < 1.29 is 0 Å². The molecule has 0 saturated heterocycles. The number of rotatable bonds is 8. The second-order valence-electron chi connectivity index (χ2n) is 15.7. The molecule has 0 aromatic heterocycles. The first-order valence-corrected chi connectivity index (χ1v) is 23.0. The monoisotopic (exact) mass is 794 g/mol. The summed E-state index contributed by atoms with van der Waals surface area (Å²) < 4.78 is 0. The Balaban J connectivity index is 1.03. The summed E-state index contributed by atoms with van der Waals surface area (Å²) in [5, 5.41) is 8.05. The van der Waals surface area contributed by atoms with Crippen molar-refractivity contribution in [3.05, 3.63) is 255 Å². The Kier molecular flexibility index (Phi) is 9.22. The molecule has 288 valence electrons. The maximum Gasteiger partial charge on any atom is 0.184 e. The fourth-order valence-electron chi connectivity index (χ4n) is 9.59. The van der Waals surface area contributed by atoms with Crippen molar-refractivity contribution >= 4 is 73.7 Å². The number of fused-ring (bicyclic) bond motifs is 3. The molecule has 0 unspecified atom stereocenters. The number of para-hydroxylation sites is 3. The zero-order chi connectivity index (χ0) is 40.6. The van der Waals surface area contributed by atoms with Gasteiger partial charge in [-0.15, -0.1) is 0 Å². The lowest BCUT2D eigenvalue weighted by Gasteiger charge is -2.45. The van der Waals surface area contributed by atoms with E-state index in [1.165, 1.54) is 65.1 Å². The fourth-order valence-corrected chi connectivity index (χ4v) is 14.7. The molecule has 0 bridgehead atoms. The summed E-state index contributed by atoms with van der Waals surface area (Å²) in [4.78, 5) is 4.83. The summed E-state index contributed by atoms with van der Waals surface area (Å²) in [6.07, 6.45) is 0. The quantitative estimate of drug-likeness (QED) is 0.141. The molecular weight excluding hydrogens is 753 g/mol. The molecular formula is C58H42N2Si. The minimum Gasteiger partial charge on any atom is -0.311 e. The van der Waals surface area contributed by atoms with Crippen LogP contribution in [-0.2, 0) is 0 Å². The van der Waals surface area contributed by atoms with Gasteiger partial charge in [0.15, 0.2) is 8.07 Å². The third kappa shape index (κ3) is 6.26. The van der Waals surface area contributed by atoms with Crippen LogP contribution in [0, 0.1) is 0 Å². The van der Waals surface area contributed by atoms with E-state index in [9.17, 15) is 0 Å². The molecule has 10 aromatic rings. The lowest BCUT2D eigenvalue weighted by molar-refractivity contribution is 1.28. The van der Waals surface area contributed by atoms with Gasteiger partial charge >= 0.3 is 0 Å². The highest BCUT2D eigenvalue weighted by Crippen LogP contribution is 2.41. The van der Waals surface area contributed by atoms with Gasteiger partial charge in [-0.1, -0.05) is 194 Å². The van der Waals surface area contributed by atoms with Gasteiger partial charge in [-0.05, 0) is 114 Å². The average molecular weight is 795 g/mol. The number of nitrogens with zero attached hydrogens (tertiary/aromatic N) is 2. The number of benzene rings is 10. The second-order valence-corrected chi connectivity index (χ2v) is 19.4. The summed E-state index contributed by atoms with van der Waals surface area (Å²) in [5.74, 6) is 0. The van der Waals surface area contributed by atoms with Gasteiger partial charge in [-0.25, -0.2) is 0 Å². The average Bonchev–Trinajstić information content (AvgIpc) is 3.34. The van der Waals surface area contributed by atoms with Gasteiger partial charge in [-0.3, -0.25) is 0 Å². The first-order chi connectivity index (χ1) is 30.3. The normalized spacial score (nSPS) is 12.7. The highest BCUT2D eigenvalue weighted by Gasteiger charge is 2.48. The van der Waals surface area contributed by atoms with E-state index >= 15 is 0 Å². The maximum atomic E-state index is 2.48. The van der Waals surface area contributed by atoms with Crippen molar-refractivity contribution in [2.45, 2.75) is 0 Å². The van der Waals surface area contributed by atoms with Gasteiger partial charge in [0.1, 0.15) is 0 Å². The van der Waals surface area contributed by atoms with Gasteiger partial charge in [0.2, 0.25) is 0 Å². The maximum absolute atomic E-state index is 2.76. The van der Waals surface area contributed by atoms with Crippen LogP contribution in [0.3, 0.4) is 0 Å². The Morgan fingerprint density at radius 1 is 0.328 bits per heavy atom. The van der Waals surface area contributed by atoms with Gasteiger partial charge < -0.3 is 9.80 Å². The van der Waals surface area contributed by atoms with E-state index in [-0.39, 0.29) is 0 Å². The Morgan fingerprint density at radius 3 is 1.49 bits per heavy atom. The van der Waals surface area contributed by atoms with Crippen molar-refractivity contribution in [1.82, 2.24) is 0 Å². The Morgan fingerprint density at radius 2 is 0.820 bits per heavy atom. The summed E-state index contributed by atoms with van der Waals surface area (Å²) in [7, 11) is -2.76. The highest BCUT2D eigenvalue weighted by atomic mass is 28.3. The molecule has 0 saturated carbocycles. The molecule has 1 aliphatic rings. The predicted molar refractivity (Wildman–Crippen MR) is 261 cm³/mol. The predicted octanol–water partition coefficient (Wildman–Crippen LogP) is 12.8. The van der Waals surface area contributed by atoms with E-state index in [1.54, 1.807) is 0 Å². The molecule has 0 radical (unpaired) electrons. The molecule has 0 fully saturated rings. The van der Waals surface area contributed by atoms with E-state index < -0.39 is 8.07 Å². The Bertz CT molecular complexity index is 3070. The topological polar surface area (TPSA) is 6.48 Å². The zero-order valence-electron chi connectivity index (χ0n) is 33.6. The van der Waals surface area contributed by atoms with E-state index in [1.807, 2.05) is 0 Å². The summed E-state index contributed by atoms with van der Waals surface area (Å²) in [5.41, 5.74) is 11.7. The molecule has 0 N–H and O–H groups in total. The number of hydrogen-bond acceptors (Lipinski definition) is 2. The summed E-state index contributed by atoms with van der Waals surface area (Å²) in [6.45, 7) is 0. The van der Waals surface area contributed by atoms with Gasteiger partial charge in [0.05, 0.1) is 0 Å². The van der Waals surface area contributed by atoms with Gasteiger partial charge in [-0.2, -0.15) is 0 Å². The third-order valence-electron chi connectivity index (χ3n) is 12.3. The molecule has 1 aliphatic heterocycles. The van der Waals surface area contributed by atoms with Crippen molar-refractivity contribution in [2.75, 3.05) is 9.80 Å². The molecule has 11 rings (SSSR count). The highest BCUT2D eigenvalue weighted by molar-refractivity contribution is 7.21. The molecule has 61 heavy (non-hydrogen) atoms. The van der Waals surface area contributed by atoms with Crippen LogP contribution in [-0.4, -0.2) is 8.07 Å². The van der Waals surface area contributed by atoms with E-state index in [0.29, 0.717) is 0 Å². The first-order valence-electron chi connectivity index (χ1n) is 21.0. The van der Waals surface area contributed by atoms with Crippen molar-refractivity contribution in [3.8, 4) is 22.3 Å². The molecule has 0 atom stereocenters. The van der Waals surface area contributed by atoms with Crippen molar-refractivity contribution in [2.24, 2.45) is 0 Å². The third-order valence-corrected chi connectivity index (χ3v) is 17.2.